The van der Waals surface area contributed by atoms with Crippen LogP contribution in [0.3, 0.4) is 0 Å². The number of aliphatic carboxylic acids is 1. The van der Waals surface area contributed by atoms with Gasteiger partial charge in [-0.15, -0.1) is 0 Å². The lowest BCUT2D eigenvalue weighted by molar-refractivity contribution is -0.137. The molecule has 1 aromatic rings. The Labute approximate surface area is 111 Å². The molecule has 1 aromatic carbocycles. The van der Waals surface area contributed by atoms with E-state index in [9.17, 15) is 9.59 Å². The molecule has 0 saturated heterocycles. The first-order valence-electron chi connectivity index (χ1n) is 5.86. The predicted octanol–water partition coefficient (Wildman–Crippen LogP) is 1.21. The minimum absolute atomic E-state index is 0.0374. The Morgan fingerprint density at radius 2 is 2.11 bits per heavy atom. The Kier molecular flexibility index (Phi) is 5.17. The van der Waals surface area contributed by atoms with Gasteiger partial charge in [0.1, 0.15) is 5.75 Å². The zero-order valence-electron chi connectivity index (χ0n) is 11.0. The van der Waals surface area contributed by atoms with Crippen LogP contribution in [0.25, 0.3) is 0 Å². The van der Waals surface area contributed by atoms with Gasteiger partial charge in [-0.3, -0.25) is 9.59 Å². The molecule has 0 spiro atoms. The Morgan fingerprint density at radius 1 is 1.42 bits per heavy atom. The van der Waals surface area contributed by atoms with E-state index in [1.54, 1.807) is 25.2 Å². The summed E-state index contributed by atoms with van der Waals surface area (Å²) in [6, 6.07) is 4.84. The van der Waals surface area contributed by atoms with Crippen molar-refractivity contribution >= 4 is 17.6 Å². The highest BCUT2D eigenvalue weighted by atomic mass is 16.5. The second-order valence-corrected chi connectivity index (χ2v) is 4.18. The highest BCUT2D eigenvalue weighted by Gasteiger charge is 2.15. The van der Waals surface area contributed by atoms with E-state index in [1.807, 2.05) is 0 Å². The predicted molar refractivity (Wildman–Crippen MR) is 71.2 cm³/mol. The van der Waals surface area contributed by atoms with Crippen molar-refractivity contribution in [1.29, 1.82) is 0 Å². The number of benzene rings is 1. The fraction of sp³-hybridized carbons (Fsp3) is 0.385. The number of carbonyl (C=O) groups excluding carboxylic acids is 1. The van der Waals surface area contributed by atoms with Crippen LogP contribution in [0, 0.1) is 0 Å². The summed E-state index contributed by atoms with van der Waals surface area (Å²) in [4.78, 5) is 24.0. The number of carbonyl (C=O) groups is 2. The molecule has 0 unspecified atom stereocenters. The summed E-state index contributed by atoms with van der Waals surface area (Å²) in [7, 11) is 3.14. The van der Waals surface area contributed by atoms with E-state index in [-0.39, 0.29) is 12.3 Å². The maximum atomic E-state index is 12.1. The molecule has 3 N–H and O–H groups in total. The fourth-order valence-electron chi connectivity index (χ4n) is 1.64. The Hall–Kier alpha value is -2.24. The maximum absolute atomic E-state index is 12.1. The SMILES string of the molecule is COc1ccc(C(=O)N(C)CCCC(=O)O)c(N)c1. The topological polar surface area (TPSA) is 92.9 Å². The zero-order valence-corrected chi connectivity index (χ0v) is 11.0. The number of carboxylic acids is 1. The first-order valence-corrected chi connectivity index (χ1v) is 5.86. The molecule has 6 heteroatoms. The molecule has 0 radical (unpaired) electrons. The van der Waals surface area contributed by atoms with Crippen molar-refractivity contribution in [2.45, 2.75) is 12.8 Å². The van der Waals surface area contributed by atoms with Crippen molar-refractivity contribution in [2.75, 3.05) is 26.4 Å². The maximum Gasteiger partial charge on any atom is 0.303 e. The van der Waals surface area contributed by atoms with Gasteiger partial charge in [-0.05, 0) is 18.6 Å². The highest BCUT2D eigenvalue weighted by molar-refractivity contribution is 5.99. The molecule has 0 aliphatic carbocycles. The molecule has 0 aromatic heterocycles. The van der Waals surface area contributed by atoms with Crippen molar-refractivity contribution in [2.24, 2.45) is 0 Å². The number of anilines is 1. The van der Waals surface area contributed by atoms with Gasteiger partial charge in [0.2, 0.25) is 0 Å². The number of nitrogens with two attached hydrogens (primary N) is 1. The summed E-state index contributed by atoms with van der Waals surface area (Å²) in [6.07, 6.45) is 0.448. The smallest absolute Gasteiger partial charge is 0.303 e. The van der Waals surface area contributed by atoms with Gasteiger partial charge in [-0.1, -0.05) is 0 Å². The number of amides is 1. The lowest BCUT2D eigenvalue weighted by Crippen LogP contribution is -2.28. The molecule has 104 valence electrons. The van der Waals surface area contributed by atoms with Crippen molar-refractivity contribution in [3.05, 3.63) is 23.8 Å². The minimum Gasteiger partial charge on any atom is -0.497 e. The number of hydrogen-bond acceptors (Lipinski definition) is 4. The highest BCUT2D eigenvalue weighted by Crippen LogP contribution is 2.20. The number of nitrogen functional groups attached to an aromatic ring is 1. The largest absolute Gasteiger partial charge is 0.497 e. The van der Waals surface area contributed by atoms with Crippen LogP contribution in [0.1, 0.15) is 23.2 Å². The summed E-state index contributed by atoms with van der Waals surface area (Å²) < 4.78 is 5.01. The molecule has 0 atom stereocenters. The van der Waals surface area contributed by atoms with Gasteiger partial charge in [0.25, 0.3) is 5.91 Å². The zero-order chi connectivity index (χ0) is 14.4. The van der Waals surface area contributed by atoms with E-state index >= 15 is 0 Å². The van der Waals surface area contributed by atoms with Crippen molar-refractivity contribution in [1.82, 2.24) is 4.90 Å². The summed E-state index contributed by atoms with van der Waals surface area (Å²) in [6.45, 7) is 0.372. The third-order valence-corrected chi connectivity index (χ3v) is 2.72. The standard InChI is InChI=1S/C13H18N2O4/c1-15(7-3-4-12(16)17)13(18)10-6-5-9(19-2)8-11(10)14/h5-6,8H,3-4,7,14H2,1-2H3,(H,16,17). The van der Waals surface area contributed by atoms with Crippen LogP contribution < -0.4 is 10.5 Å². The van der Waals surface area contributed by atoms with E-state index in [0.717, 1.165) is 0 Å². The van der Waals surface area contributed by atoms with E-state index in [2.05, 4.69) is 0 Å². The molecule has 1 rings (SSSR count). The van der Waals surface area contributed by atoms with Gasteiger partial charge in [0.15, 0.2) is 0 Å². The van der Waals surface area contributed by atoms with E-state index in [0.29, 0.717) is 30.0 Å². The monoisotopic (exact) mass is 266 g/mol. The lowest BCUT2D eigenvalue weighted by Gasteiger charge is -2.18. The molecule has 0 heterocycles. The van der Waals surface area contributed by atoms with Crippen LogP contribution in [-0.2, 0) is 4.79 Å². The average Bonchev–Trinajstić information content (AvgIpc) is 2.37. The van der Waals surface area contributed by atoms with Crippen molar-refractivity contribution < 1.29 is 19.4 Å². The van der Waals surface area contributed by atoms with Crippen LogP contribution in [-0.4, -0.2) is 42.6 Å². The van der Waals surface area contributed by atoms with Gasteiger partial charge in [0, 0.05) is 31.8 Å². The quantitative estimate of drug-likeness (QED) is 0.755. The summed E-state index contributed by atoms with van der Waals surface area (Å²) >= 11 is 0. The van der Waals surface area contributed by atoms with Crippen molar-refractivity contribution in [3.8, 4) is 5.75 Å². The first kappa shape index (κ1) is 14.8. The molecule has 19 heavy (non-hydrogen) atoms. The number of rotatable bonds is 6. The Morgan fingerprint density at radius 3 is 2.63 bits per heavy atom. The van der Waals surface area contributed by atoms with Crippen LogP contribution >= 0.6 is 0 Å². The second kappa shape index (κ2) is 6.63. The van der Waals surface area contributed by atoms with Gasteiger partial charge in [-0.25, -0.2) is 0 Å². The summed E-state index contributed by atoms with van der Waals surface area (Å²) in [5, 5.41) is 8.55. The third kappa shape index (κ3) is 4.17. The van der Waals surface area contributed by atoms with Crippen molar-refractivity contribution in [3.63, 3.8) is 0 Å². The van der Waals surface area contributed by atoms with E-state index in [1.165, 1.54) is 12.0 Å². The molecule has 6 nitrogen and oxygen atoms in total. The Balaban J connectivity index is 2.68. The molecular formula is C13H18N2O4. The van der Waals surface area contributed by atoms with E-state index < -0.39 is 5.97 Å². The number of carboxylic acid groups (broad SMARTS) is 1. The van der Waals surface area contributed by atoms with Crippen LogP contribution in [0.2, 0.25) is 0 Å². The van der Waals surface area contributed by atoms with Gasteiger partial charge < -0.3 is 20.5 Å². The molecule has 0 fully saturated rings. The molecule has 0 aliphatic rings. The first-order chi connectivity index (χ1) is 8.95. The molecular weight excluding hydrogens is 248 g/mol. The van der Waals surface area contributed by atoms with Crippen LogP contribution in [0.5, 0.6) is 5.75 Å². The van der Waals surface area contributed by atoms with Gasteiger partial charge in [-0.2, -0.15) is 0 Å². The molecule has 1 amide bonds. The second-order valence-electron chi connectivity index (χ2n) is 4.18. The average molecular weight is 266 g/mol. The lowest BCUT2D eigenvalue weighted by atomic mass is 10.1. The number of nitrogens with zero attached hydrogens (tertiary/aromatic N) is 1. The third-order valence-electron chi connectivity index (χ3n) is 2.72. The molecule has 0 aliphatic heterocycles. The van der Waals surface area contributed by atoms with Crippen LogP contribution in [0.4, 0.5) is 5.69 Å². The number of ether oxygens (including phenoxy) is 1. The minimum atomic E-state index is -0.871. The molecule has 0 saturated carbocycles. The number of hydrogen-bond donors (Lipinski definition) is 2. The number of methoxy groups -OCH3 is 1. The van der Waals surface area contributed by atoms with Gasteiger partial charge >= 0.3 is 5.97 Å². The molecule has 0 bridgehead atoms. The van der Waals surface area contributed by atoms with Gasteiger partial charge in [0.05, 0.1) is 12.7 Å². The fourth-order valence-corrected chi connectivity index (χ4v) is 1.64. The Bertz CT molecular complexity index is 474. The normalized spacial score (nSPS) is 10.0. The van der Waals surface area contributed by atoms with E-state index in [4.69, 9.17) is 15.6 Å². The summed E-state index contributed by atoms with van der Waals surface area (Å²) in [5.74, 6) is -0.516. The summed E-state index contributed by atoms with van der Waals surface area (Å²) in [5.41, 5.74) is 6.52. The van der Waals surface area contributed by atoms with Crippen LogP contribution in [0.15, 0.2) is 18.2 Å².